The summed E-state index contributed by atoms with van der Waals surface area (Å²) in [6, 6.07) is 12.7. The van der Waals surface area contributed by atoms with Crippen LogP contribution in [0.15, 0.2) is 53.4 Å². The number of amides is 1. The largest absolute Gasteiger partial charge is 0.354 e. The fourth-order valence-corrected chi connectivity index (χ4v) is 3.46. The zero-order chi connectivity index (χ0) is 20.0. The molecule has 27 heavy (non-hydrogen) atoms. The number of nitro benzene ring substituents is 1. The Morgan fingerprint density at radius 1 is 1.22 bits per heavy atom. The second kappa shape index (κ2) is 8.94. The van der Waals surface area contributed by atoms with Gasteiger partial charge in [0.15, 0.2) is 0 Å². The van der Waals surface area contributed by atoms with Crippen LogP contribution in [-0.2, 0) is 14.8 Å². The molecule has 0 aliphatic rings. The molecule has 0 unspecified atom stereocenters. The topological polar surface area (TPSA) is 118 Å². The summed E-state index contributed by atoms with van der Waals surface area (Å²) in [4.78, 5) is 21.7. The number of nitrogens with zero attached hydrogens (tertiary/aromatic N) is 1. The maximum Gasteiger partial charge on any atom is 0.289 e. The summed E-state index contributed by atoms with van der Waals surface area (Å²) >= 11 is 5.67. The number of sulfonamides is 1. The van der Waals surface area contributed by atoms with Crippen molar-refractivity contribution in [3.05, 3.63) is 69.2 Å². The predicted molar refractivity (Wildman–Crippen MR) is 101 cm³/mol. The van der Waals surface area contributed by atoms with Crippen molar-refractivity contribution in [3.63, 3.8) is 0 Å². The van der Waals surface area contributed by atoms with Crippen LogP contribution in [0.3, 0.4) is 0 Å². The fraction of sp³-hybridized carbons (Fsp3) is 0.235. The van der Waals surface area contributed by atoms with Gasteiger partial charge in [0.05, 0.1) is 16.4 Å². The second-order valence-corrected chi connectivity index (χ2v) is 7.98. The third-order valence-electron chi connectivity index (χ3n) is 3.82. The SMILES string of the molecule is C[C@H](CNC(=O)CNS(=O)(=O)c1ccc(Cl)c([N+](=O)[O-])c1)c1ccccc1. The van der Waals surface area contributed by atoms with Crippen LogP contribution >= 0.6 is 11.6 Å². The van der Waals surface area contributed by atoms with Gasteiger partial charge < -0.3 is 5.32 Å². The van der Waals surface area contributed by atoms with Gasteiger partial charge in [-0.25, -0.2) is 13.1 Å². The molecule has 2 N–H and O–H groups in total. The Hall–Kier alpha value is -2.49. The van der Waals surface area contributed by atoms with Crippen LogP contribution in [0.4, 0.5) is 5.69 Å². The highest BCUT2D eigenvalue weighted by Gasteiger charge is 2.21. The zero-order valence-corrected chi connectivity index (χ0v) is 16.0. The summed E-state index contributed by atoms with van der Waals surface area (Å²) in [6.45, 7) is 1.80. The summed E-state index contributed by atoms with van der Waals surface area (Å²) in [5.41, 5.74) is 0.521. The van der Waals surface area contributed by atoms with Crippen LogP contribution in [0, 0.1) is 10.1 Å². The number of nitrogens with one attached hydrogen (secondary N) is 2. The Morgan fingerprint density at radius 3 is 2.52 bits per heavy atom. The van der Waals surface area contributed by atoms with Crippen molar-refractivity contribution in [1.82, 2.24) is 10.0 Å². The van der Waals surface area contributed by atoms with Crippen LogP contribution in [0.2, 0.25) is 5.02 Å². The number of benzene rings is 2. The minimum absolute atomic E-state index is 0.0608. The first-order chi connectivity index (χ1) is 12.7. The molecule has 0 heterocycles. The summed E-state index contributed by atoms with van der Waals surface area (Å²) in [5.74, 6) is -0.449. The van der Waals surface area contributed by atoms with E-state index in [1.54, 1.807) is 0 Å². The highest BCUT2D eigenvalue weighted by atomic mass is 35.5. The first kappa shape index (κ1) is 20.8. The van der Waals surface area contributed by atoms with Gasteiger partial charge in [-0.3, -0.25) is 14.9 Å². The van der Waals surface area contributed by atoms with E-state index in [4.69, 9.17) is 11.6 Å². The van der Waals surface area contributed by atoms with Gasteiger partial charge in [-0.05, 0) is 23.6 Å². The number of rotatable bonds is 8. The van der Waals surface area contributed by atoms with E-state index in [0.29, 0.717) is 6.54 Å². The highest BCUT2D eigenvalue weighted by molar-refractivity contribution is 7.89. The van der Waals surface area contributed by atoms with Crippen molar-refractivity contribution < 1.29 is 18.1 Å². The van der Waals surface area contributed by atoms with Crippen molar-refractivity contribution in [1.29, 1.82) is 0 Å². The zero-order valence-electron chi connectivity index (χ0n) is 14.4. The van der Waals surface area contributed by atoms with E-state index in [9.17, 15) is 23.3 Å². The highest BCUT2D eigenvalue weighted by Crippen LogP contribution is 2.26. The summed E-state index contributed by atoms with van der Waals surface area (Å²) in [7, 11) is -4.09. The van der Waals surface area contributed by atoms with E-state index in [-0.39, 0.29) is 15.8 Å². The average Bonchev–Trinajstić information content (AvgIpc) is 2.65. The molecule has 10 heteroatoms. The van der Waals surface area contributed by atoms with Gasteiger partial charge >= 0.3 is 0 Å². The van der Waals surface area contributed by atoms with Gasteiger partial charge in [-0.15, -0.1) is 0 Å². The monoisotopic (exact) mass is 411 g/mol. The van der Waals surface area contributed by atoms with Gasteiger partial charge in [0.2, 0.25) is 15.9 Å². The molecule has 1 atom stereocenters. The van der Waals surface area contributed by atoms with Crippen molar-refractivity contribution in [2.75, 3.05) is 13.1 Å². The number of halogens is 1. The Bertz CT molecular complexity index is 935. The molecule has 0 aromatic heterocycles. The second-order valence-electron chi connectivity index (χ2n) is 5.81. The van der Waals surface area contributed by atoms with E-state index in [2.05, 4.69) is 10.0 Å². The van der Waals surface area contributed by atoms with E-state index in [1.807, 2.05) is 37.3 Å². The van der Waals surface area contributed by atoms with Crippen LogP contribution in [0.1, 0.15) is 18.4 Å². The molecule has 0 aliphatic heterocycles. The molecule has 2 aromatic carbocycles. The summed E-state index contributed by atoms with van der Waals surface area (Å²) in [5, 5.41) is 13.3. The lowest BCUT2D eigenvalue weighted by atomic mass is 10.0. The van der Waals surface area contributed by atoms with Crippen LogP contribution < -0.4 is 10.0 Å². The van der Waals surface area contributed by atoms with Gasteiger partial charge in [-0.1, -0.05) is 48.9 Å². The van der Waals surface area contributed by atoms with E-state index >= 15 is 0 Å². The fourth-order valence-electron chi connectivity index (χ4n) is 2.27. The molecular formula is C17H18ClN3O5S. The lowest BCUT2D eigenvalue weighted by Crippen LogP contribution is -2.38. The smallest absolute Gasteiger partial charge is 0.289 e. The minimum atomic E-state index is -4.09. The van der Waals surface area contributed by atoms with Crippen molar-refractivity contribution in [2.24, 2.45) is 0 Å². The lowest BCUT2D eigenvalue weighted by Gasteiger charge is -2.13. The van der Waals surface area contributed by atoms with E-state index in [0.717, 1.165) is 23.8 Å². The van der Waals surface area contributed by atoms with Crippen LogP contribution in [-0.4, -0.2) is 32.3 Å². The summed E-state index contributed by atoms with van der Waals surface area (Å²) < 4.78 is 26.6. The first-order valence-corrected chi connectivity index (χ1v) is 9.82. The van der Waals surface area contributed by atoms with Gasteiger partial charge in [-0.2, -0.15) is 0 Å². The van der Waals surface area contributed by atoms with E-state index in [1.165, 1.54) is 0 Å². The van der Waals surface area contributed by atoms with Gasteiger partial charge in [0.25, 0.3) is 5.69 Å². The number of carbonyl (C=O) groups excluding carboxylic acids is 1. The number of hydrogen-bond acceptors (Lipinski definition) is 5. The maximum absolute atomic E-state index is 12.2. The van der Waals surface area contributed by atoms with Crippen molar-refractivity contribution >= 4 is 33.2 Å². The standard InChI is InChI=1S/C17H18ClN3O5S/c1-12(13-5-3-2-4-6-13)10-19-17(22)11-20-27(25,26)14-7-8-15(18)16(9-14)21(23)24/h2-9,12,20H,10-11H2,1H3,(H,19,22)/t12-/m1/s1. The molecule has 0 spiro atoms. The molecular weight excluding hydrogens is 394 g/mol. The Labute approximate surface area is 161 Å². The molecule has 0 radical (unpaired) electrons. The Morgan fingerprint density at radius 2 is 1.89 bits per heavy atom. The molecule has 0 fully saturated rings. The minimum Gasteiger partial charge on any atom is -0.354 e. The Balaban J connectivity index is 1.94. The molecule has 1 amide bonds. The molecule has 0 bridgehead atoms. The first-order valence-electron chi connectivity index (χ1n) is 7.96. The molecule has 0 saturated carbocycles. The van der Waals surface area contributed by atoms with Gasteiger partial charge in [0, 0.05) is 12.6 Å². The number of carbonyl (C=O) groups is 1. The third-order valence-corrected chi connectivity index (χ3v) is 5.54. The van der Waals surface area contributed by atoms with Crippen molar-refractivity contribution in [2.45, 2.75) is 17.7 Å². The normalized spacial score (nSPS) is 12.4. The van der Waals surface area contributed by atoms with Crippen molar-refractivity contribution in [3.8, 4) is 0 Å². The molecule has 144 valence electrons. The maximum atomic E-state index is 12.2. The quantitative estimate of drug-likeness (QED) is 0.510. The molecule has 2 aromatic rings. The molecule has 8 nitrogen and oxygen atoms in total. The third kappa shape index (κ3) is 5.75. The number of hydrogen-bond donors (Lipinski definition) is 2. The lowest BCUT2D eigenvalue weighted by molar-refractivity contribution is -0.384. The van der Waals surface area contributed by atoms with Gasteiger partial charge in [0.1, 0.15) is 5.02 Å². The predicted octanol–water partition coefficient (Wildman–Crippen LogP) is 2.45. The van der Waals surface area contributed by atoms with Crippen LogP contribution in [0.5, 0.6) is 0 Å². The average molecular weight is 412 g/mol. The molecule has 0 aliphatic carbocycles. The van der Waals surface area contributed by atoms with Crippen LogP contribution in [0.25, 0.3) is 0 Å². The number of nitro groups is 1. The molecule has 2 rings (SSSR count). The van der Waals surface area contributed by atoms with E-state index < -0.39 is 33.1 Å². The molecule has 0 saturated heterocycles. The summed E-state index contributed by atoms with van der Waals surface area (Å²) in [6.07, 6.45) is 0. The Kier molecular flexibility index (Phi) is 6.89.